The average molecular weight is 276 g/mol. The summed E-state index contributed by atoms with van der Waals surface area (Å²) in [6.45, 7) is 0.167. The zero-order valence-electron chi connectivity index (χ0n) is 10.3. The van der Waals surface area contributed by atoms with Crippen molar-refractivity contribution in [3.05, 3.63) is 29.8 Å². The third-order valence-electron chi connectivity index (χ3n) is 2.54. The van der Waals surface area contributed by atoms with Crippen LogP contribution in [0.2, 0.25) is 0 Å². The molecule has 19 heavy (non-hydrogen) atoms. The van der Waals surface area contributed by atoms with Gasteiger partial charge in [-0.15, -0.1) is 13.2 Å². The van der Waals surface area contributed by atoms with Crippen molar-refractivity contribution in [1.82, 2.24) is 5.32 Å². The van der Waals surface area contributed by atoms with Crippen molar-refractivity contribution in [2.45, 2.75) is 12.8 Å². The van der Waals surface area contributed by atoms with E-state index in [1.807, 2.05) is 0 Å². The maximum absolute atomic E-state index is 12.0. The second kappa shape index (κ2) is 6.42. The minimum Gasteiger partial charge on any atom is -0.406 e. The Bertz CT molecular complexity index is 418. The van der Waals surface area contributed by atoms with E-state index in [0.717, 1.165) is 0 Å². The minimum atomic E-state index is -4.70. The fourth-order valence-corrected chi connectivity index (χ4v) is 1.60. The molecule has 0 fully saturated rings. The number of rotatable bonds is 5. The summed E-state index contributed by atoms with van der Waals surface area (Å²) in [5.41, 5.74) is 6.19. The van der Waals surface area contributed by atoms with Crippen LogP contribution in [-0.2, 0) is 11.2 Å². The van der Waals surface area contributed by atoms with Crippen LogP contribution in [0.4, 0.5) is 13.2 Å². The molecule has 1 aromatic rings. The Balaban J connectivity index is 2.68. The van der Waals surface area contributed by atoms with Crippen molar-refractivity contribution < 1.29 is 22.7 Å². The molecule has 0 unspecified atom stereocenters. The summed E-state index contributed by atoms with van der Waals surface area (Å²) >= 11 is 0. The summed E-state index contributed by atoms with van der Waals surface area (Å²) in [5, 5.41) is 2.49. The van der Waals surface area contributed by atoms with Crippen LogP contribution < -0.4 is 15.8 Å². The number of carbonyl (C=O) groups excluding carboxylic acids is 1. The van der Waals surface area contributed by atoms with E-state index in [1.54, 1.807) is 0 Å². The number of nitrogens with two attached hydrogens (primary N) is 1. The molecule has 0 aliphatic heterocycles. The van der Waals surface area contributed by atoms with Gasteiger partial charge in [-0.3, -0.25) is 4.79 Å². The standard InChI is InChI=1S/C12H15F3N2O2/c1-17-11(18)9(7-16)6-8-2-4-10(5-3-8)19-12(13,14)15/h2-5,9H,6-7,16H2,1H3,(H,17,18)/t9-/m1/s1. The first-order chi connectivity index (χ1) is 8.85. The molecule has 0 radical (unpaired) electrons. The molecular formula is C12H15F3N2O2. The van der Waals surface area contributed by atoms with Gasteiger partial charge in [-0.05, 0) is 24.1 Å². The van der Waals surface area contributed by atoms with Crippen molar-refractivity contribution in [2.24, 2.45) is 11.7 Å². The summed E-state index contributed by atoms with van der Waals surface area (Å²) < 4.78 is 39.7. The number of nitrogens with one attached hydrogen (secondary N) is 1. The lowest BCUT2D eigenvalue weighted by molar-refractivity contribution is -0.274. The largest absolute Gasteiger partial charge is 0.573 e. The van der Waals surface area contributed by atoms with Crippen LogP contribution in [0.25, 0.3) is 0 Å². The van der Waals surface area contributed by atoms with Crippen LogP contribution in [0, 0.1) is 5.92 Å². The van der Waals surface area contributed by atoms with E-state index in [0.29, 0.717) is 12.0 Å². The predicted octanol–water partition coefficient (Wildman–Crippen LogP) is 1.45. The summed E-state index contributed by atoms with van der Waals surface area (Å²) in [6.07, 6.45) is -4.34. The van der Waals surface area contributed by atoms with Gasteiger partial charge in [-0.1, -0.05) is 12.1 Å². The van der Waals surface area contributed by atoms with Gasteiger partial charge in [0.15, 0.2) is 0 Å². The number of alkyl halides is 3. The summed E-state index contributed by atoms with van der Waals surface area (Å²) in [5.74, 6) is -0.891. The van der Waals surface area contributed by atoms with Gasteiger partial charge in [0.1, 0.15) is 5.75 Å². The molecule has 1 amide bonds. The van der Waals surface area contributed by atoms with Crippen molar-refractivity contribution in [3.8, 4) is 5.75 Å². The molecule has 0 heterocycles. The summed E-state index contributed by atoms with van der Waals surface area (Å²) in [6, 6.07) is 5.37. The van der Waals surface area contributed by atoms with Crippen LogP contribution in [0.1, 0.15) is 5.56 Å². The Hall–Kier alpha value is -1.76. The third-order valence-corrected chi connectivity index (χ3v) is 2.54. The lowest BCUT2D eigenvalue weighted by Crippen LogP contribution is -2.34. The molecular weight excluding hydrogens is 261 g/mol. The van der Waals surface area contributed by atoms with Gasteiger partial charge in [-0.2, -0.15) is 0 Å². The van der Waals surface area contributed by atoms with E-state index >= 15 is 0 Å². The summed E-state index contributed by atoms with van der Waals surface area (Å²) in [4.78, 5) is 11.4. The van der Waals surface area contributed by atoms with Crippen molar-refractivity contribution >= 4 is 5.91 Å². The summed E-state index contributed by atoms with van der Waals surface area (Å²) in [7, 11) is 1.51. The molecule has 106 valence electrons. The Morgan fingerprint density at radius 1 is 1.37 bits per heavy atom. The highest BCUT2D eigenvalue weighted by Crippen LogP contribution is 2.23. The number of halogens is 3. The monoisotopic (exact) mass is 276 g/mol. The first-order valence-corrected chi connectivity index (χ1v) is 5.62. The molecule has 0 aliphatic rings. The van der Waals surface area contributed by atoms with Crippen LogP contribution >= 0.6 is 0 Å². The molecule has 3 N–H and O–H groups in total. The zero-order valence-corrected chi connectivity index (χ0v) is 10.3. The predicted molar refractivity (Wildman–Crippen MR) is 63.4 cm³/mol. The first kappa shape index (κ1) is 15.3. The minimum absolute atomic E-state index is 0.167. The normalized spacial score (nSPS) is 12.9. The van der Waals surface area contributed by atoms with Gasteiger partial charge in [0.25, 0.3) is 0 Å². The Labute approximate surface area is 108 Å². The topological polar surface area (TPSA) is 64.4 Å². The highest BCUT2D eigenvalue weighted by molar-refractivity contribution is 5.78. The van der Waals surface area contributed by atoms with Crippen LogP contribution in [0.3, 0.4) is 0 Å². The molecule has 1 atom stereocenters. The Kier molecular flexibility index (Phi) is 5.17. The number of amides is 1. The van der Waals surface area contributed by atoms with Crippen molar-refractivity contribution in [3.63, 3.8) is 0 Å². The highest BCUT2D eigenvalue weighted by atomic mass is 19.4. The number of carbonyl (C=O) groups is 1. The van der Waals surface area contributed by atoms with E-state index in [4.69, 9.17) is 5.73 Å². The zero-order chi connectivity index (χ0) is 14.5. The third kappa shape index (κ3) is 5.17. The number of hydrogen-bond acceptors (Lipinski definition) is 3. The van der Waals surface area contributed by atoms with Gasteiger partial charge in [-0.25, -0.2) is 0 Å². The molecule has 0 spiro atoms. The van der Waals surface area contributed by atoms with E-state index in [9.17, 15) is 18.0 Å². The number of hydrogen-bond donors (Lipinski definition) is 2. The van der Waals surface area contributed by atoms with E-state index in [1.165, 1.54) is 31.3 Å². The van der Waals surface area contributed by atoms with Gasteiger partial charge in [0.2, 0.25) is 5.91 Å². The van der Waals surface area contributed by atoms with Crippen LogP contribution in [-0.4, -0.2) is 25.9 Å². The van der Waals surface area contributed by atoms with Gasteiger partial charge in [0, 0.05) is 13.6 Å². The SMILES string of the molecule is CNC(=O)[C@@H](CN)Cc1ccc(OC(F)(F)F)cc1. The maximum atomic E-state index is 12.0. The Morgan fingerprint density at radius 2 is 1.95 bits per heavy atom. The molecule has 0 aliphatic carbocycles. The molecule has 0 aromatic heterocycles. The van der Waals surface area contributed by atoms with Gasteiger partial charge < -0.3 is 15.8 Å². The second-order valence-corrected chi connectivity index (χ2v) is 3.94. The van der Waals surface area contributed by atoms with Crippen molar-refractivity contribution in [2.75, 3.05) is 13.6 Å². The van der Waals surface area contributed by atoms with Crippen molar-refractivity contribution in [1.29, 1.82) is 0 Å². The second-order valence-electron chi connectivity index (χ2n) is 3.94. The highest BCUT2D eigenvalue weighted by Gasteiger charge is 2.31. The lowest BCUT2D eigenvalue weighted by Gasteiger charge is -2.14. The first-order valence-electron chi connectivity index (χ1n) is 5.62. The molecule has 7 heteroatoms. The van der Waals surface area contributed by atoms with Gasteiger partial charge in [0.05, 0.1) is 5.92 Å². The fourth-order valence-electron chi connectivity index (χ4n) is 1.60. The molecule has 0 saturated heterocycles. The maximum Gasteiger partial charge on any atom is 0.573 e. The number of ether oxygens (including phenoxy) is 1. The average Bonchev–Trinajstić information content (AvgIpc) is 2.35. The quantitative estimate of drug-likeness (QED) is 0.855. The molecule has 0 saturated carbocycles. The van der Waals surface area contributed by atoms with Crippen LogP contribution in [0.5, 0.6) is 5.75 Å². The fraction of sp³-hybridized carbons (Fsp3) is 0.417. The van der Waals surface area contributed by atoms with E-state index < -0.39 is 12.3 Å². The molecule has 0 bridgehead atoms. The molecule has 4 nitrogen and oxygen atoms in total. The van der Waals surface area contributed by atoms with E-state index in [-0.39, 0.29) is 18.2 Å². The smallest absolute Gasteiger partial charge is 0.406 e. The van der Waals surface area contributed by atoms with E-state index in [2.05, 4.69) is 10.1 Å². The van der Waals surface area contributed by atoms with Crippen LogP contribution in [0.15, 0.2) is 24.3 Å². The lowest BCUT2D eigenvalue weighted by atomic mass is 9.98. The number of benzene rings is 1. The van der Waals surface area contributed by atoms with Gasteiger partial charge >= 0.3 is 6.36 Å². The molecule has 1 rings (SSSR count). The Morgan fingerprint density at radius 3 is 2.37 bits per heavy atom. The molecule has 1 aromatic carbocycles.